The van der Waals surface area contributed by atoms with Crippen LogP contribution < -0.4 is 0 Å². The van der Waals surface area contributed by atoms with Gasteiger partial charge >= 0.3 is 0 Å². The Morgan fingerprint density at radius 1 is 1.10 bits per heavy atom. The summed E-state index contributed by atoms with van der Waals surface area (Å²) in [6.45, 7) is 6.09. The molecular formula is C19H22OS. The number of hydrogen-bond acceptors (Lipinski definition) is 2. The van der Waals surface area contributed by atoms with Gasteiger partial charge in [-0.1, -0.05) is 61.9 Å². The molecular weight excluding hydrogens is 276 g/mol. The zero-order valence-electron chi connectivity index (χ0n) is 12.9. The third-order valence-corrected chi connectivity index (χ3v) is 4.97. The number of thioether (sulfide) groups is 1. The highest BCUT2D eigenvalue weighted by Gasteiger charge is 2.17. The maximum atomic E-state index is 11.1. The van der Waals surface area contributed by atoms with Crippen molar-refractivity contribution in [3.05, 3.63) is 65.2 Å². The third-order valence-electron chi connectivity index (χ3n) is 3.37. The Labute approximate surface area is 131 Å². The molecule has 21 heavy (non-hydrogen) atoms. The van der Waals surface area contributed by atoms with Crippen molar-refractivity contribution < 1.29 is 4.79 Å². The number of hydrogen-bond donors (Lipinski definition) is 0. The van der Waals surface area contributed by atoms with Crippen LogP contribution in [0.15, 0.2) is 53.4 Å². The Morgan fingerprint density at radius 2 is 1.81 bits per heavy atom. The topological polar surface area (TPSA) is 17.1 Å². The molecule has 0 aliphatic rings. The lowest BCUT2D eigenvalue weighted by molar-refractivity contribution is -0.113. The quantitative estimate of drug-likeness (QED) is 0.557. The third kappa shape index (κ3) is 4.75. The second-order valence-corrected chi connectivity index (χ2v) is 7.19. The molecule has 0 aliphatic heterocycles. The summed E-state index contributed by atoms with van der Waals surface area (Å²) in [4.78, 5) is 12.3. The lowest BCUT2D eigenvalue weighted by Crippen LogP contribution is -2.16. The lowest BCUT2D eigenvalue weighted by Gasteiger charge is -2.17. The summed E-state index contributed by atoms with van der Waals surface area (Å²) < 4.78 is 0. The lowest BCUT2D eigenvalue weighted by atomic mass is 10.00. The molecule has 0 atom stereocenters. The van der Waals surface area contributed by atoms with Gasteiger partial charge in [0, 0.05) is 16.1 Å². The normalized spacial score (nSPS) is 11.4. The van der Waals surface area contributed by atoms with Gasteiger partial charge < -0.3 is 4.79 Å². The number of rotatable bonds is 6. The first-order valence-corrected chi connectivity index (χ1v) is 8.21. The van der Waals surface area contributed by atoms with E-state index in [9.17, 15) is 4.79 Å². The fourth-order valence-electron chi connectivity index (χ4n) is 2.10. The molecule has 0 amide bonds. The molecule has 0 aliphatic carbocycles. The molecule has 0 fully saturated rings. The van der Waals surface area contributed by atoms with Crippen LogP contribution in [0.2, 0.25) is 0 Å². The second-order valence-electron chi connectivity index (χ2n) is 6.17. The summed E-state index contributed by atoms with van der Waals surface area (Å²) in [6.07, 6.45) is 1.98. The summed E-state index contributed by atoms with van der Waals surface area (Å²) in [5.74, 6) is 0.807. The van der Waals surface area contributed by atoms with Crippen molar-refractivity contribution in [1.29, 1.82) is 0 Å². The first kappa shape index (κ1) is 15.8. The Kier molecular flexibility index (Phi) is 5.24. The van der Waals surface area contributed by atoms with E-state index in [0.29, 0.717) is 0 Å². The van der Waals surface area contributed by atoms with Gasteiger partial charge in [0.2, 0.25) is 0 Å². The van der Waals surface area contributed by atoms with E-state index in [4.69, 9.17) is 0 Å². The highest BCUT2D eigenvalue weighted by molar-refractivity contribution is 7.99. The van der Waals surface area contributed by atoms with Gasteiger partial charge in [0.05, 0.1) is 0 Å². The van der Waals surface area contributed by atoms with E-state index in [0.717, 1.165) is 18.5 Å². The predicted molar refractivity (Wildman–Crippen MR) is 91.0 cm³/mol. The number of benzene rings is 2. The van der Waals surface area contributed by atoms with Gasteiger partial charge in [-0.15, -0.1) is 11.8 Å². The van der Waals surface area contributed by atoms with Crippen LogP contribution in [0.5, 0.6) is 0 Å². The Bertz CT molecular complexity index is 602. The summed E-state index contributed by atoms with van der Waals surface area (Å²) in [7, 11) is 0. The first-order chi connectivity index (χ1) is 10.00. The van der Waals surface area contributed by atoms with Crippen LogP contribution in [0, 0.1) is 12.3 Å². The summed E-state index contributed by atoms with van der Waals surface area (Å²) in [5, 5.41) is 0. The Morgan fingerprint density at radius 3 is 2.48 bits per heavy atom. The van der Waals surface area contributed by atoms with E-state index < -0.39 is 0 Å². The van der Waals surface area contributed by atoms with Crippen molar-refractivity contribution in [3.8, 4) is 0 Å². The zero-order chi connectivity index (χ0) is 15.3. The van der Waals surface area contributed by atoms with E-state index in [1.54, 1.807) is 11.8 Å². The van der Waals surface area contributed by atoms with Gasteiger partial charge in [0.15, 0.2) is 0 Å². The van der Waals surface area contributed by atoms with E-state index in [-0.39, 0.29) is 5.41 Å². The SMILES string of the molecule is Cc1ccc(SCC(C)(C)C=O)c(Cc2ccccc2)c1. The molecule has 0 radical (unpaired) electrons. The minimum absolute atomic E-state index is 0.278. The molecule has 0 bridgehead atoms. The summed E-state index contributed by atoms with van der Waals surface area (Å²) in [5.41, 5.74) is 3.66. The van der Waals surface area contributed by atoms with Crippen LogP contribution in [0.1, 0.15) is 30.5 Å². The van der Waals surface area contributed by atoms with Crippen molar-refractivity contribution >= 4 is 18.0 Å². The van der Waals surface area contributed by atoms with Crippen molar-refractivity contribution in [2.45, 2.75) is 32.1 Å². The monoisotopic (exact) mass is 298 g/mol. The molecule has 2 rings (SSSR count). The first-order valence-electron chi connectivity index (χ1n) is 7.23. The van der Waals surface area contributed by atoms with Gasteiger partial charge in [0.1, 0.15) is 6.29 Å². The Hall–Kier alpha value is -1.54. The smallest absolute Gasteiger partial charge is 0.126 e. The van der Waals surface area contributed by atoms with E-state index in [1.165, 1.54) is 21.6 Å². The van der Waals surface area contributed by atoms with Crippen LogP contribution in [0.4, 0.5) is 0 Å². The zero-order valence-corrected chi connectivity index (χ0v) is 13.7. The number of aryl methyl sites for hydroxylation is 1. The molecule has 2 aromatic rings. The maximum absolute atomic E-state index is 11.1. The highest BCUT2D eigenvalue weighted by atomic mass is 32.2. The van der Waals surface area contributed by atoms with Gasteiger partial charge in [-0.3, -0.25) is 0 Å². The summed E-state index contributed by atoms with van der Waals surface area (Å²) >= 11 is 1.78. The highest BCUT2D eigenvalue weighted by Crippen LogP contribution is 2.30. The van der Waals surface area contributed by atoms with E-state index in [2.05, 4.69) is 49.4 Å². The molecule has 0 saturated heterocycles. The van der Waals surface area contributed by atoms with Crippen LogP contribution in [0.25, 0.3) is 0 Å². The number of carbonyl (C=O) groups is 1. The molecule has 0 aromatic heterocycles. The van der Waals surface area contributed by atoms with Gasteiger partial charge in [-0.05, 0) is 30.5 Å². The van der Waals surface area contributed by atoms with Gasteiger partial charge in [-0.25, -0.2) is 0 Å². The molecule has 110 valence electrons. The van der Waals surface area contributed by atoms with Gasteiger partial charge in [0.25, 0.3) is 0 Å². The molecule has 0 spiro atoms. The van der Waals surface area contributed by atoms with Crippen LogP contribution >= 0.6 is 11.8 Å². The number of carbonyl (C=O) groups excluding carboxylic acids is 1. The molecule has 2 aromatic carbocycles. The minimum atomic E-state index is -0.278. The Balaban J connectivity index is 2.19. The van der Waals surface area contributed by atoms with Gasteiger partial charge in [-0.2, -0.15) is 0 Å². The van der Waals surface area contributed by atoms with Crippen LogP contribution in [-0.2, 0) is 11.2 Å². The van der Waals surface area contributed by atoms with E-state index >= 15 is 0 Å². The number of aldehydes is 1. The maximum Gasteiger partial charge on any atom is 0.126 e. The molecule has 0 unspecified atom stereocenters. The van der Waals surface area contributed by atoms with Crippen LogP contribution in [0.3, 0.4) is 0 Å². The van der Waals surface area contributed by atoms with E-state index in [1.807, 2.05) is 19.9 Å². The van der Waals surface area contributed by atoms with Crippen molar-refractivity contribution in [2.75, 3.05) is 5.75 Å². The standard InChI is InChI=1S/C19H22OS/c1-15-9-10-18(21-14-19(2,3)13-20)17(11-15)12-16-7-5-4-6-8-16/h4-11,13H,12,14H2,1-3H3. The van der Waals surface area contributed by atoms with Crippen LogP contribution in [-0.4, -0.2) is 12.0 Å². The fourth-order valence-corrected chi connectivity index (χ4v) is 3.18. The minimum Gasteiger partial charge on any atom is -0.303 e. The average Bonchev–Trinajstić information content (AvgIpc) is 2.47. The average molecular weight is 298 g/mol. The van der Waals surface area contributed by atoms with Crippen molar-refractivity contribution in [2.24, 2.45) is 5.41 Å². The molecule has 1 nitrogen and oxygen atoms in total. The van der Waals surface area contributed by atoms with Crippen molar-refractivity contribution in [1.82, 2.24) is 0 Å². The molecule has 2 heteroatoms. The molecule has 0 heterocycles. The second kappa shape index (κ2) is 6.95. The fraction of sp³-hybridized carbons (Fsp3) is 0.316. The largest absolute Gasteiger partial charge is 0.303 e. The molecule has 0 saturated carbocycles. The van der Waals surface area contributed by atoms with Crippen molar-refractivity contribution in [3.63, 3.8) is 0 Å². The predicted octanol–water partition coefficient (Wildman–Crippen LogP) is 4.90. The summed E-state index contributed by atoms with van der Waals surface area (Å²) in [6, 6.07) is 17.1. The molecule has 0 N–H and O–H groups in total.